The first-order chi connectivity index (χ1) is 14.2. The molecule has 3 aliphatic carbocycles. The molecule has 30 heavy (non-hydrogen) atoms. The Hall–Kier alpha value is -1.64. The van der Waals surface area contributed by atoms with E-state index in [1.165, 1.54) is 36.8 Å². The van der Waals surface area contributed by atoms with Crippen molar-refractivity contribution in [2.45, 2.75) is 89.9 Å². The summed E-state index contributed by atoms with van der Waals surface area (Å²) in [5.74, 6) is 1.68. The molecule has 0 N–H and O–H groups in total. The zero-order chi connectivity index (χ0) is 21.1. The first kappa shape index (κ1) is 20.3. The predicted octanol–water partition coefficient (Wildman–Crippen LogP) is 5.62. The number of carbonyl (C=O) groups is 2. The molecule has 1 heterocycles. The summed E-state index contributed by atoms with van der Waals surface area (Å²) >= 11 is 0. The molecule has 2 spiro atoms. The Bertz CT molecular complexity index is 842. The topological polar surface area (TPSA) is 37.4 Å². The maximum atomic E-state index is 13.0. The number of hydrogen-bond donors (Lipinski definition) is 0. The number of amides is 1. The fourth-order valence-corrected chi connectivity index (χ4v) is 6.86. The van der Waals surface area contributed by atoms with Crippen LogP contribution < -0.4 is 0 Å². The van der Waals surface area contributed by atoms with Crippen LogP contribution >= 0.6 is 0 Å². The van der Waals surface area contributed by atoms with Gasteiger partial charge in [-0.2, -0.15) is 0 Å². The van der Waals surface area contributed by atoms with Gasteiger partial charge in [0.2, 0.25) is 5.91 Å². The van der Waals surface area contributed by atoms with Gasteiger partial charge in [-0.25, -0.2) is 0 Å². The monoisotopic (exact) mass is 407 g/mol. The Morgan fingerprint density at radius 2 is 1.70 bits per heavy atom. The lowest BCUT2D eigenvalue weighted by Crippen LogP contribution is -2.52. The van der Waals surface area contributed by atoms with Crippen molar-refractivity contribution in [2.24, 2.45) is 16.7 Å². The molecule has 3 nitrogen and oxygen atoms in total. The highest BCUT2D eigenvalue weighted by atomic mass is 16.2. The van der Waals surface area contributed by atoms with E-state index in [4.69, 9.17) is 0 Å². The molecule has 0 aromatic heterocycles. The van der Waals surface area contributed by atoms with Crippen molar-refractivity contribution in [1.82, 2.24) is 4.90 Å². The Kier molecular flexibility index (Phi) is 4.69. The Morgan fingerprint density at radius 1 is 1.00 bits per heavy atom. The standard InChI is InChI=1S/C27H37NO2/c1-25(2,3)22-6-4-5-19(13-22)20-14-26(15-20)9-11-28(12-10-26)24(30)21-16-27(17-21)8-7-23(29)18-27/h4-6,13,20-21H,7-12,14-18H2,1-3H3. The quantitative estimate of drug-likeness (QED) is 0.638. The number of benzene rings is 1. The van der Waals surface area contributed by atoms with E-state index in [-0.39, 0.29) is 16.7 Å². The van der Waals surface area contributed by atoms with Gasteiger partial charge >= 0.3 is 0 Å². The van der Waals surface area contributed by atoms with Gasteiger partial charge in [-0.1, -0.05) is 45.0 Å². The lowest BCUT2D eigenvalue weighted by atomic mass is 9.55. The minimum Gasteiger partial charge on any atom is -0.342 e. The van der Waals surface area contributed by atoms with Crippen LogP contribution in [0.5, 0.6) is 0 Å². The zero-order valence-electron chi connectivity index (χ0n) is 19.0. The van der Waals surface area contributed by atoms with Crippen LogP contribution in [0.1, 0.15) is 95.6 Å². The summed E-state index contributed by atoms with van der Waals surface area (Å²) in [7, 11) is 0. The van der Waals surface area contributed by atoms with Gasteiger partial charge in [-0.15, -0.1) is 0 Å². The second-order valence-corrected chi connectivity index (χ2v) is 12.1. The second kappa shape index (κ2) is 6.93. The van der Waals surface area contributed by atoms with Crippen LogP contribution in [0.15, 0.2) is 24.3 Å². The molecule has 4 fully saturated rings. The summed E-state index contributed by atoms with van der Waals surface area (Å²) in [4.78, 5) is 26.8. The molecule has 0 unspecified atom stereocenters. The molecule has 0 bridgehead atoms. The smallest absolute Gasteiger partial charge is 0.225 e. The highest BCUT2D eigenvalue weighted by Crippen LogP contribution is 2.58. The maximum absolute atomic E-state index is 13.0. The van der Waals surface area contributed by atoms with E-state index in [9.17, 15) is 9.59 Å². The largest absolute Gasteiger partial charge is 0.342 e. The van der Waals surface area contributed by atoms with Crippen LogP contribution in [-0.2, 0) is 15.0 Å². The molecule has 3 saturated carbocycles. The number of hydrogen-bond acceptors (Lipinski definition) is 2. The minimum absolute atomic E-state index is 0.194. The third kappa shape index (κ3) is 3.52. The molecule has 1 aromatic carbocycles. The average molecular weight is 408 g/mol. The van der Waals surface area contributed by atoms with Crippen molar-refractivity contribution in [3.63, 3.8) is 0 Å². The number of Topliss-reactive ketones (excluding diaryl/α,β-unsaturated/α-hetero) is 1. The predicted molar refractivity (Wildman–Crippen MR) is 119 cm³/mol. The van der Waals surface area contributed by atoms with Crippen LogP contribution in [0, 0.1) is 16.7 Å². The molecule has 3 heteroatoms. The molecule has 4 aliphatic rings. The third-order valence-corrected chi connectivity index (χ3v) is 8.93. The molecule has 5 rings (SSSR count). The second-order valence-electron chi connectivity index (χ2n) is 12.1. The lowest BCUT2D eigenvalue weighted by molar-refractivity contribution is -0.147. The van der Waals surface area contributed by atoms with E-state index < -0.39 is 0 Å². The van der Waals surface area contributed by atoms with Crippen molar-refractivity contribution in [3.8, 4) is 0 Å². The van der Waals surface area contributed by atoms with Gasteiger partial charge in [0.05, 0.1) is 0 Å². The fourth-order valence-electron chi connectivity index (χ4n) is 6.86. The minimum atomic E-state index is 0.194. The summed E-state index contributed by atoms with van der Waals surface area (Å²) < 4.78 is 0. The van der Waals surface area contributed by atoms with Gasteiger partial charge in [0, 0.05) is 31.8 Å². The molecular formula is C27H37NO2. The van der Waals surface area contributed by atoms with Crippen LogP contribution in [0.4, 0.5) is 0 Å². The number of nitrogens with zero attached hydrogens (tertiary/aromatic N) is 1. The molecule has 1 amide bonds. The van der Waals surface area contributed by atoms with Crippen LogP contribution in [0.3, 0.4) is 0 Å². The SMILES string of the molecule is CC(C)(C)c1cccc(C2CC3(CCN(C(=O)C4CC5(CCC(=O)C5)C4)CC3)C2)c1. The van der Waals surface area contributed by atoms with E-state index in [1.807, 2.05) is 0 Å². The summed E-state index contributed by atoms with van der Waals surface area (Å²) in [6, 6.07) is 9.22. The van der Waals surface area contributed by atoms with Crippen LogP contribution in [0.25, 0.3) is 0 Å². The molecule has 1 aliphatic heterocycles. The molecular weight excluding hydrogens is 370 g/mol. The van der Waals surface area contributed by atoms with Gasteiger partial charge in [0.1, 0.15) is 5.78 Å². The van der Waals surface area contributed by atoms with Crippen molar-refractivity contribution in [2.75, 3.05) is 13.1 Å². The van der Waals surface area contributed by atoms with Gasteiger partial charge in [0.15, 0.2) is 0 Å². The summed E-state index contributed by atoms with van der Waals surface area (Å²) in [5.41, 5.74) is 3.82. The average Bonchev–Trinajstić information content (AvgIpc) is 3.06. The lowest BCUT2D eigenvalue weighted by Gasteiger charge is -2.54. The molecule has 1 saturated heterocycles. The first-order valence-corrected chi connectivity index (χ1v) is 12.1. The van der Waals surface area contributed by atoms with E-state index in [0.29, 0.717) is 23.0 Å². The zero-order valence-corrected chi connectivity index (χ0v) is 19.0. The Labute approximate surface area is 181 Å². The van der Waals surface area contributed by atoms with Gasteiger partial charge in [-0.05, 0) is 78.2 Å². The van der Waals surface area contributed by atoms with Crippen molar-refractivity contribution in [3.05, 3.63) is 35.4 Å². The van der Waals surface area contributed by atoms with Crippen LogP contribution in [-0.4, -0.2) is 29.7 Å². The fraction of sp³-hybridized carbons (Fsp3) is 0.704. The Morgan fingerprint density at radius 3 is 2.30 bits per heavy atom. The van der Waals surface area contributed by atoms with Gasteiger partial charge in [0.25, 0.3) is 0 Å². The highest BCUT2D eigenvalue weighted by molar-refractivity contribution is 5.84. The highest BCUT2D eigenvalue weighted by Gasteiger charge is 2.53. The van der Waals surface area contributed by atoms with E-state index in [0.717, 1.165) is 45.2 Å². The van der Waals surface area contributed by atoms with Gasteiger partial charge in [-0.3, -0.25) is 9.59 Å². The molecule has 162 valence electrons. The molecule has 1 aromatic rings. The summed E-state index contributed by atoms with van der Waals surface area (Å²) in [6.45, 7) is 8.74. The number of ketones is 1. The Balaban J connectivity index is 1.12. The van der Waals surface area contributed by atoms with Crippen LogP contribution in [0.2, 0.25) is 0 Å². The normalized spacial score (nSPS) is 27.9. The summed E-state index contributed by atoms with van der Waals surface area (Å²) in [5, 5.41) is 0. The number of piperidine rings is 1. The van der Waals surface area contributed by atoms with Gasteiger partial charge < -0.3 is 4.90 Å². The van der Waals surface area contributed by atoms with E-state index in [2.05, 4.69) is 49.9 Å². The maximum Gasteiger partial charge on any atom is 0.225 e. The molecule has 0 atom stereocenters. The number of likely N-dealkylation sites (tertiary alicyclic amines) is 1. The summed E-state index contributed by atoms with van der Waals surface area (Å²) in [6.07, 6.45) is 9.35. The third-order valence-electron chi connectivity index (χ3n) is 8.93. The van der Waals surface area contributed by atoms with Crippen molar-refractivity contribution in [1.29, 1.82) is 0 Å². The number of carbonyl (C=O) groups excluding carboxylic acids is 2. The first-order valence-electron chi connectivity index (χ1n) is 12.1. The van der Waals surface area contributed by atoms with Crippen molar-refractivity contribution < 1.29 is 9.59 Å². The number of rotatable bonds is 2. The van der Waals surface area contributed by atoms with E-state index in [1.54, 1.807) is 0 Å². The molecule has 0 radical (unpaired) electrons. The van der Waals surface area contributed by atoms with Crippen molar-refractivity contribution >= 4 is 11.7 Å². The van der Waals surface area contributed by atoms with E-state index >= 15 is 0 Å².